The third-order valence-corrected chi connectivity index (χ3v) is 4.14. The molecule has 0 amide bonds. The molecule has 0 saturated heterocycles. The van der Waals surface area contributed by atoms with Gasteiger partial charge in [-0.05, 0) is 55.7 Å². The molecule has 0 bridgehead atoms. The summed E-state index contributed by atoms with van der Waals surface area (Å²) in [5, 5.41) is 8.62. The lowest BCUT2D eigenvalue weighted by Gasteiger charge is -2.12. The molecule has 0 aliphatic heterocycles. The number of ether oxygens (including phenoxy) is 2. The van der Waals surface area contributed by atoms with E-state index in [-0.39, 0.29) is 0 Å². The zero-order valence-corrected chi connectivity index (χ0v) is 14.0. The largest absolute Gasteiger partial charge is 0.493 e. The molecule has 5 heteroatoms. The van der Waals surface area contributed by atoms with Gasteiger partial charge in [-0.1, -0.05) is 12.1 Å². The van der Waals surface area contributed by atoms with Crippen LogP contribution in [-0.2, 0) is 13.2 Å². The molecule has 0 aliphatic rings. The molecule has 120 valence electrons. The van der Waals surface area contributed by atoms with Crippen molar-refractivity contribution in [2.45, 2.75) is 19.6 Å². The van der Waals surface area contributed by atoms with Crippen molar-refractivity contribution in [3.8, 4) is 11.5 Å². The van der Waals surface area contributed by atoms with E-state index in [0.717, 1.165) is 37.6 Å². The maximum Gasteiger partial charge on any atom is 0.161 e. The van der Waals surface area contributed by atoms with Crippen LogP contribution in [0.1, 0.15) is 16.9 Å². The normalized spacial score (nSPS) is 10.6. The van der Waals surface area contributed by atoms with E-state index in [4.69, 9.17) is 9.47 Å². The van der Waals surface area contributed by atoms with Crippen molar-refractivity contribution < 1.29 is 9.47 Å². The van der Waals surface area contributed by atoms with E-state index in [0.29, 0.717) is 6.61 Å². The van der Waals surface area contributed by atoms with Gasteiger partial charge in [0.25, 0.3) is 0 Å². The van der Waals surface area contributed by atoms with Crippen molar-refractivity contribution in [3.05, 3.63) is 46.2 Å². The van der Waals surface area contributed by atoms with Gasteiger partial charge in [0.15, 0.2) is 11.5 Å². The number of rotatable bonds is 10. The lowest BCUT2D eigenvalue weighted by atomic mass is 10.2. The molecule has 1 heterocycles. The third-order valence-electron chi connectivity index (χ3n) is 3.29. The number of benzene rings is 1. The lowest BCUT2D eigenvalue weighted by Crippen LogP contribution is -2.19. The molecular formula is C17H24N2O2S. The first-order valence-electron chi connectivity index (χ1n) is 7.51. The van der Waals surface area contributed by atoms with Crippen LogP contribution in [0.25, 0.3) is 0 Å². The average Bonchev–Trinajstić information content (AvgIpc) is 3.06. The van der Waals surface area contributed by atoms with Gasteiger partial charge in [-0.25, -0.2) is 0 Å². The number of hydrogen-bond donors (Lipinski definition) is 2. The summed E-state index contributed by atoms with van der Waals surface area (Å²) in [6.07, 6.45) is 1.12. The highest BCUT2D eigenvalue weighted by Gasteiger charge is 2.06. The molecule has 0 saturated carbocycles. The molecule has 2 rings (SSSR count). The molecule has 0 radical (unpaired) electrons. The minimum absolute atomic E-state index is 0.579. The monoisotopic (exact) mass is 320 g/mol. The lowest BCUT2D eigenvalue weighted by molar-refractivity contribution is 0.287. The second-order valence-electron chi connectivity index (χ2n) is 4.99. The van der Waals surface area contributed by atoms with Crippen LogP contribution in [0.15, 0.2) is 35.7 Å². The Balaban J connectivity index is 1.86. The Labute approximate surface area is 136 Å². The SMILES string of the molecule is CNCCCNCc1ccc(OCc2cccs2)c(OC)c1. The van der Waals surface area contributed by atoms with Crippen molar-refractivity contribution in [2.24, 2.45) is 0 Å². The first kappa shape index (κ1) is 16.8. The summed E-state index contributed by atoms with van der Waals surface area (Å²) in [6.45, 7) is 3.45. The van der Waals surface area contributed by atoms with Gasteiger partial charge < -0.3 is 20.1 Å². The Bertz CT molecular complexity index is 544. The van der Waals surface area contributed by atoms with Crippen LogP contribution in [0.5, 0.6) is 11.5 Å². The predicted molar refractivity (Wildman–Crippen MR) is 91.9 cm³/mol. The molecule has 0 spiro atoms. The Morgan fingerprint density at radius 1 is 1.14 bits per heavy atom. The Morgan fingerprint density at radius 2 is 2.05 bits per heavy atom. The summed E-state index contributed by atoms with van der Waals surface area (Å²) >= 11 is 1.70. The Kier molecular flexibility index (Phi) is 7.22. The summed E-state index contributed by atoms with van der Waals surface area (Å²) in [5.74, 6) is 1.57. The zero-order valence-electron chi connectivity index (χ0n) is 13.2. The molecule has 2 aromatic rings. The smallest absolute Gasteiger partial charge is 0.161 e. The fourth-order valence-electron chi connectivity index (χ4n) is 2.11. The van der Waals surface area contributed by atoms with Crippen LogP contribution >= 0.6 is 11.3 Å². The Hall–Kier alpha value is -1.56. The van der Waals surface area contributed by atoms with Crippen LogP contribution < -0.4 is 20.1 Å². The van der Waals surface area contributed by atoms with Gasteiger partial charge in [0.2, 0.25) is 0 Å². The average molecular weight is 320 g/mol. The number of nitrogens with one attached hydrogen (secondary N) is 2. The van der Waals surface area contributed by atoms with Crippen LogP contribution in [0.3, 0.4) is 0 Å². The van der Waals surface area contributed by atoms with Gasteiger partial charge in [-0.3, -0.25) is 0 Å². The molecule has 0 unspecified atom stereocenters. The van der Waals surface area contributed by atoms with E-state index in [1.807, 2.05) is 25.2 Å². The molecule has 0 atom stereocenters. The van der Waals surface area contributed by atoms with Crippen molar-refractivity contribution in [1.29, 1.82) is 0 Å². The minimum Gasteiger partial charge on any atom is -0.493 e. The van der Waals surface area contributed by atoms with Crippen molar-refractivity contribution in [2.75, 3.05) is 27.2 Å². The summed E-state index contributed by atoms with van der Waals surface area (Å²) < 4.78 is 11.3. The summed E-state index contributed by atoms with van der Waals surface area (Å²) in [7, 11) is 3.65. The van der Waals surface area contributed by atoms with Crippen molar-refractivity contribution in [1.82, 2.24) is 10.6 Å². The van der Waals surface area contributed by atoms with Crippen molar-refractivity contribution in [3.63, 3.8) is 0 Å². The highest BCUT2D eigenvalue weighted by atomic mass is 32.1. The number of methoxy groups -OCH3 is 1. The maximum atomic E-state index is 5.84. The first-order chi connectivity index (χ1) is 10.8. The standard InChI is InChI=1S/C17H24N2O2S/c1-18-8-4-9-19-12-14-6-7-16(17(11-14)20-2)21-13-15-5-3-10-22-15/h3,5-7,10-11,18-19H,4,8-9,12-13H2,1-2H3. The van der Waals surface area contributed by atoms with E-state index in [2.05, 4.69) is 28.1 Å². The topological polar surface area (TPSA) is 42.5 Å². The van der Waals surface area contributed by atoms with Gasteiger partial charge in [0.05, 0.1) is 7.11 Å². The highest BCUT2D eigenvalue weighted by Crippen LogP contribution is 2.29. The van der Waals surface area contributed by atoms with Crippen LogP contribution in [0, 0.1) is 0 Å². The Morgan fingerprint density at radius 3 is 2.77 bits per heavy atom. The molecule has 2 N–H and O–H groups in total. The van der Waals surface area contributed by atoms with E-state index in [1.165, 1.54) is 10.4 Å². The molecule has 22 heavy (non-hydrogen) atoms. The molecular weight excluding hydrogens is 296 g/mol. The van der Waals surface area contributed by atoms with Crippen LogP contribution in [-0.4, -0.2) is 27.2 Å². The van der Waals surface area contributed by atoms with Crippen molar-refractivity contribution >= 4 is 11.3 Å². The van der Waals surface area contributed by atoms with Gasteiger partial charge >= 0.3 is 0 Å². The van der Waals surface area contributed by atoms with Crippen LogP contribution in [0.4, 0.5) is 0 Å². The molecule has 4 nitrogen and oxygen atoms in total. The zero-order chi connectivity index (χ0) is 15.6. The second-order valence-corrected chi connectivity index (χ2v) is 6.02. The van der Waals surface area contributed by atoms with Gasteiger partial charge in [-0.2, -0.15) is 0 Å². The molecule has 0 aliphatic carbocycles. The fourth-order valence-corrected chi connectivity index (χ4v) is 2.72. The first-order valence-corrected chi connectivity index (χ1v) is 8.39. The van der Waals surface area contributed by atoms with E-state index in [1.54, 1.807) is 18.4 Å². The maximum absolute atomic E-state index is 5.84. The number of hydrogen-bond acceptors (Lipinski definition) is 5. The summed E-state index contributed by atoms with van der Waals surface area (Å²) in [6, 6.07) is 10.2. The highest BCUT2D eigenvalue weighted by molar-refractivity contribution is 7.09. The minimum atomic E-state index is 0.579. The van der Waals surface area contributed by atoms with E-state index >= 15 is 0 Å². The van der Waals surface area contributed by atoms with E-state index in [9.17, 15) is 0 Å². The van der Waals surface area contributed by atoms with Crippen LogP contribution in [0.2, 0.25) is 0 Å². The quantitative estimate of drug-likeness (QED) is 0.660. The fraction of sp³-hybridized carbons (Fsp3) is 0.412. The summed E-state index contributed by atoms with van der Waals surface area (Å²) in [4.78, 5) is 1.21. The molecule has 1 aromatic heterocycles. The predicted octanol–water partition coefficient (Wildman–Crippen LogP) is 3.03. The third kappa shape index (κ3) is 5.33. The summed E-state index contributed by atoms with van der Waals surface area (Å²) in [5.41, 5.74) is 1.20. The second kappa shape index (κ2) is 9.46. The van der Waals surface area contributed by atoms with Gasteiger partial charge in [-0.15, -0.1) is 11.3 Å². The van der Waals surface area contributed by atoms with E-state index < -0.39 is 0 Å². The number of thiophene rings is 1. The molecule has 1 aromatic carbocycles. The van der Waals surface area contributed by atoms with Gasteiger partial charge in [0.1, 0.15) is 6.61 Å². The molecule has 0 fully saturated rings. The van der Waals surface area contributed by atoms with Gasteiger partial charge in [0, 0.05) is 11.4 Å².